The van der Waals surface area contributed by atoms with Gasteiger partial charge >= 0.3 is 0 Å². The average molecular weight is 444 g/mol. The molecule has 1 aromatic heterocycles. The molecule has 0 fully saturated rings. The van der Waals surface area contributed by atoms with Crippen molar-refractivity contribution >= 4 is 46.7 Å². The zero-order valence-corrected chi connectivity index (χ0v) is 16.5. The first-order chi connectivity index (χ1) is 13.3. The Kier molecular flexibility index (Phi) is 5.98. The van der Waals surface area contributed by atoms with E-state index in [2.05, 4.69) is 10.2 Å². The zero-order valence-electron chi connectivity index (χ0n) is 14.2. The number of rotatable bonds is 4. The molecule has 1 heterocycles. The van der Waals surface area contributed by atoms with E-state index in [-0.39, 0.29) is 32.0 Å². The Morgan fingerprint density at radius 3 is 2.54 bits per heavy atom. The van der Waals surface area contributed by atoms with E-state index in [1.54, 1.807) is 0 Å². The van der Waals surface area contributed by atoms with Gasteiger partial charge in [-0.15, -0.1) is 0 Å². The number of halogens is 5. The van der Waals surface area contributed by atoms with E-state index in [4.69, 9.17) is 34.8 Å². The number of nitrogens with zero attached hydrogens (tertiary/aromatic N) is 4. The molecule has 0 saturated heterocycles. The lowest BCUT2D eigenvalue weighted by Gasteiger charge is -2.15. The molecular weight excluding hydrogens is 433 g/mol. The molecule has 28 heavy (non-hydrogen) atoms. The van der Waals surface area contributed by atoms with Gasteiger partial charge in [-0.3, -0.25) is 9.80 Å². The number of hydrazone groups is 1. The van der Waals surface area contributed by atoms with Gasteiger partial charge in [-0.1, -0.05) is 40.9 Å². The standard InChI is InChI=1S/C18H11Cl3F2N4O/c1-26(24-8-11-12(19)3-2-4-14(11)22)16-9-25-27(18(28)17(16)21)10-5-6-15(23)13(20)7-10/h2-9H,1H3. The van der Waals surface area contributed by atoms with Gasteiger partial charge in [0.15, 0.2) is 0 Å². The molecule has 0 amide bonds. The van der Waals surface area contributed by atoms with Gasteiger partial charge in [0, 0.05) is 12.6 Å². The minimum Gasteiger partial charge on any atom is -0.266 e. The second-order valence-corrected chi connectivity index (χ2v) is 6.76. The molecule has 0 atom stereocenters. The van der Waals surface area contributed by atoms with E-state index in [0.717, 1.165) is 10.7 Å². The van der Waals surface area contributed by atoms with Crippen LogP contribution >= 0.6 is 34.8 Å². The maximum absolute atomic E-state index is 13.8. The first-order valence-corrected chi connectivity index (χ1v) is 8.88. The van der Waals surface area contributed by atoms with Gasteiger partial charge in [0.25, 0.3) is 5.56 Å². The lowest BCUT2D eigenvalue weighted by atomic mass is 10.2. The summed E-state index contributed by atoms with van der Waals surface area (Å²) in [5, 5.41) is 9.16. The minimum atomic E-state index is -0.659. The number of anilines is 1. The number of hydrogen-bond acceptors (Lipinski definition) is 4. The molecule has 3 rings (SSSR count). The molecule has 0 spiro atoms. The van der Waals surface area contributed by atoms with E-state index in [1.165, 1.54) is 54.8 Å². The van der Waals surface area contributed by atoms with Gasteiger partial charge in [0.1, 0.15) is 22.3 Å². The van der Waals surface area contributed by atoms with Crippen LogP contribution in [0.2, 0.25) is 15.1 Å². The van der Waals surface area contributed by atoms with Crippen LogP contribution in [0.1, 0.15) is 5.56 Å². The Balaban J connectivity index is 1.95. The molecule has 0 saturated carbocycles. The fraction of sp³-hybridized carbons (Fsp3) is 0.0556. The molecule has 0 aliphatic heterocycles. The minimum absolute atomic E-state index is 0.0920. The fourth-order valence-electron chi connectivity index (χ4n) is 2.29. The predicted molar refractivity (Wildman–Crippen MR) is 107 cm³/mol. The Morgan fingerprint density at radius 1 is 1.11 bits per heavy atom. The third-order valence-electron chi connectivity index (χ3n) is 3.76. The van der Waals surface area contributed by atoms with Crippen LogP contribution in [0, 0.1) is 11.6 Å². The molecule has 5 nitrogen and oxygen atoms in total. The summed E-state index contributed by atoms with van der Waals surface area (Å²) in [5.41, 5.74) is -0.142. The SMILES string of the molecule is CN(N=Cc1c(F)cccc1Cl)c1cnn(-c2ccc(F)c(Cl)c2)c(=O)c1Cl. The highest BCUT2D eigenvalue weighted by atomic mass is 35.5. The zero-order chi connectivity index (χ0) is 20.4. The molecule has 0 N–H and O–H groups in total. The number of aromatic nitrogens is 2. The van der Waals surface area contributed by atoms with Crippen molar-refractivity contribution in [3.8, 4) is 5.69 Å². The van der Waals surface area contributed by atoms with Gasteiger partial charge in [-0.05, 0) is 30.3 Å². The highest BCUT2D eigenvalue weighted by Crippen LogP contribution is 2.23. The normalized spacial score (nSPS) is 11.2. The lowest BCUT2D eigenvalue weighted by molar-refractivity contribution is 0.626. The van der Waals surface area contributed by atoms with Crippen LogP contribution < -0.4 is 10.6 Å². The van der Waals surface area contributed by atoms with E-state index >= 15 is 0 Å². The van der Waals surface area contributed by atoms with Crippen LogP contribution in [0.25, 0.3) is 5.69 Å². The Labute approximate surface area is 173 Å². The Bertz CT molecular complexity index is 1110. The smallest absolute Gasteiger partial charge is 0.266 e. The molecule has 2 aromatic carbocycles. The van der Waals surface area contributed by atoms with Crippen molar-refractivity contribution < 1.29 is 8.78 Å². The quantitative estimate of drug-likeness (QED) is 0.424. The van der Waals surface area contributed by atoms with Crippen molar-refractivity contribution in [1.29, 1.82) is 0 Å². The second-order valence-electron chi connectivity index (χ2n) is 5.56. The van der Waals surface area contributed by atoms with E-state index < -0.39 is 17.2 Å². The summed E-state index contributed by atoms with van der Waals surface area (Å²) in [7, 11) is 1.51. The summed E-state index contributed by atoms with van der Waals surface area (Å²) in [6.45, 7) is 0. The van der Waals surface area contributed by atoms with Crippen LogP contribution in [-0.4, -0.2) is 23.0 Å². The Morgan fingerprint density at radius 2 is 1.86 bits per heavy atom. The molecule has 0 bridgehead atoms. The molecule has 144 valence electrons. The summed E-state index contributed by atoms with van der Waals surface area (Å²) >= 11 is 17.9. The maximum Gasteiger partial charge on any atom is 0.292 e. The third-order valence-corrected chi connectivity index (χ3v) is 4.73. The molecule has 0 aliphatic rings. The highest BCUT2D eigenvalue weighted by molar-refractivity contribution is 6.33. The van der Waals surface area contributed by atoms with Crippen LogP contribution in [-0.2, 0) is 0 Å². The van der Waals surface area contributed by atoms with Crippen molar-refractivity contribution in [2.24, 2.45) is 5.10 Å². The molecule has 0 aliphatic carbocycles. The fourth-order valence-corrected chi connectivity index (χ4v) is 2.93. The van der Waals surface area contributed by atoms with Crippen molar-refractivity contribution in [3.05, 3.63) is 85.2 Å². The van der Waals surface area contributed by atoms with Crippen molar-refractivity contribution in [2.75, 3.05) is 12.1 Å². The van der Waals surface area contributed by atoms with Crippen LogP contribution in [0.3, 0.4) is 0 Å². The lowest BCUT2D eigenvalue weighted by Crippen LogP contribution is -2.24. The first-order valence-electron chi connectivity index (χ1n) is 7.74. The summed E-state index contributed by atoms with van der Waals surface area (Å²) in [6, 6.07) is 7.95. The second kappa shape index (κ2) is 8.26. The van der Waals surface area contributed by atoms with E-state index in [9.17, 15) is 13.6 Å². The Hall–Kier alpha value is -2.48. The van der Waals surface area contributed by atoms with Crippen molar-refractivity contribution in [3.63, 3.8) is 0 Å². The van der Waals surface area contributed by atoms with Crippen LogP contribution in [0.5, 0.6) is 0 Å². The summed E-state index contributed by atoms with van der Waals surface area (Å²) in [4.78, 5) is 12.5. The van der Waals surface area contributed by atoms with E-state index in [0.29, 0.717) is 0 Å². The van der Waals surface area contributed by atoms with Crippen LogP contribution in [0.15, 0.2) is 52.5 Å². The predicted octanol–water partition coefficient (Wildman–Crippen LogP) is 4.94. The first kappa shape index (κ1) is 20.3. The molecule has 0 radical (unpaired) electrons. The molecular formula is C18H11Cl3F2N4O. The summed E-state index contributed by atoms with van der Waals surface area (Å²) in [5.74, 6) is -1.17. The molecule has 0 unspecified atom stereocenters. The largest absolute Gasteiger partial charge is 0.292 e. The summed E-state index contributed by atoms with van der Waals surface area (Å²) < 4.78 is 28.1. The topological polar surface area (TPSA) is 50.5 Å². The summed E-state index contributed by atoms with van der Waals surface area (Å²) in [6.07, 6.45) is 2.50. The van der Waals surface area contributed by atoms with Gasteiger partial charge in [0.2, 0.25) is 0 Å². The number of benzene rings is 2. The van der Waals surface area contributed by atoms with Gasteiger partial charge in [-0.2, -0.15) is 14.9 Å². The monoisotopic (exact) mass is 442 g/mol. The van der Waals surface area contributed by atoms with E-state index in [1.807, 2.05) is 0 Å². The number of hydrogen-bond donors (Lipinski definition) is 0. The molecule has 3 aromatic rings. The van der Waals surface area contributed by atoms with Gasteiger partial charge in [0.05, 0.1) is 28.1 Å². The van der Waals surface area contributed by atoms with Gasteiger partial charge in [-0.25, -0.2) is 8.78 Å². The third kappa shape index (κ3) is 4.01. The van der Waals surface area contributed by atoms with Crippen molar-refractivity contribution in [2.45, 2.75) is 0 Å². The van der Waals surface area contributed by atoms with Crippen LogP contribution in [0.4, 0.5) is 14.5 Å². The van der Waals surface area contributed by atoms with Crippen molar-refractivity contribution in [1.82, 2.24) is 9.78 Å². The van der Waals surface area contributed by atoms with Gasteiger partial charge < -0.3 is 0 Å². The molecule has 10 heteroatoms. The maximum atomic E-state index is 13.8. The highest BCUT2D eigenvalue weighted by Gasteiger charge is 2.15. The average Bonchev–Trinajstić information content (AvgIpc) is 2.65.